The van der Waals surface area contributed by atoms with E-state index in [2.05, 4.69) is 0 Å². The smallest absolute Gasteiger partial charge is 0.507 e. The second kappa shape index (κ2) is 11.1. The van der Waals surface area contributed by atoms with Gasteiger partial charge in [-0.3, -0.25) is 13.8 Å². The fourth-order valence-electron chi connectivity index (χ4n) is 4.81. The van der Waals surface area contributed by atoms with Gasteiger partial charge >= 0.3 is 7.82 Å². The van der Waals surface area contributed by atoms with Crippen LogP contribution in [0.1, 0.15) is 59.4 Å². The van der Waals surface area contributed by atoms with E-state index in [1.165, 1.54) is 12.1 Å². The molecule has 40 heavy (non-hydrogen) atoms. The van der Waals surface area contributed by atoms with Gasteiger partial charge in [0.1, 0.15) is 28.2 Å². The van der Waals surface area contributed by atoms with Gasteiger partial charge in [0.05, 0.1) is 22.3 Å². The number of halogens is 1. The number of fused-ring (bicyclic) bond motifs is 1. The summed E-state index contributed by atoms with van der Waals surface area (Å²) >= 11 is 6.41. The Balaban J connectivity index is 2.02. The number of aliphatic hydroxyl groups is 1. The first-order valence-electron chi connectivity index (χ1n) is 13.1. The van der Waals surface area contributed by atoms with Gasteiger partial charge in [-0.2, -0.15) is 0 Å². The third kappa shape index (κ3) is 6.90. The van der Waals surface area contributed by atoms with Crippen LogP contribution in [-0.4, -0.2) is 52.6 Å². The summed E-state index contributed by atoms with van der Waals surface area (Å²) in [7, 11) is -2.43. The van der Waals surface area contributed by atoms with Gasteiger partial charge in [-0.25, -0.2) is 4.57 Å². The highest BCUT2D eigenvalue weighted by Gasteiger charge is 2.41. The van der Waals surface area contributed by atoms with Crippen LogP contribution in [0.25, 0.3) is 22.3 Å². The summed E-state index contributed by atoms with van der Waals surface area (Å²) in [5.74, 6) is -0.927. The molecule has 1 aromatic heterocycles. The summed E-state index contributed by atoms with van der Waals surface area (Å²) in [6, 6.07) is 9.36. The molecule has 218 valence electrons. The minimum atomic E-state index is -4.33. The van der Waals surface area contributed by atoms with Crippen molar-refractivity contribution in [2.24, 2.45) is 0 Å². The van der Waals surface area contributed by atoms with E-state index in [0.717, 1.165) is 0 Å². The molecule has 0 spiro atoms. The fourth-order valence-corrected chi connectivity index (χ4v) is 6.88. The molecule has 2 atom stereocenters. The highest BCUT2D eigenvalue weighted by atomic mass is 35.5. The second-order valence-corrected chi connectivity index (χ2v) is 14.0. The number of nitrogens with zero attached hydrogens (tertiary/aromatic N) is 1. The SMILES string of the molecule is CN1CC[C@H](c2c(OP(=O)(OC(C)(C)C)OC(C)(C)C)cc(O)c3c(=O)cc(-c4ccccc4Cl)oc23)[C@H](O)C1. The van der Waals surface area contributed by atoms with E-state index in [0.29, 0.717) is 30.1 Å². The van der Waals surface area contributed by atoms with Crippen LogP contribution >= 0.6 is 19.4 Å². The van der Waals surface area contributed by atoms with Crippen LogP contribution in [0, 0.1) is 0 Å². The van der Waals surface area contributed by atoms with E-state index in [1.807, 2.05) is 11.9 Å². The monoisotopic (exact) mass is 593 g/mol. The zero-order valence-electron chi connectivity index (χ0n) is 23.9. The number of benzene rings is 2. The maximum Gasteiger partial charge on any atom is 0.531 e. The van der Waals surface area contributed by atoms with Gasteiger partial charge in [-0.15, -0.1) is 0 Å². The third-order valence-electron chi connectivity index (χ3n) is 6.26. The van der Waals surface area contributed by atoms with E-state index in [4.69, 9.17) is 29.6 Å². The Bertz CT molecular complexity index is 1490. The van der Waals surface area contributed by atoms with Crippen molar-refractivity contribution < 1.29 is 32.8 Å². The summed E-state index contributed by atoms with van der Waals surface area (Å²) in [6.45, 7) is 11.2. The average Bonchev–Trinajstić information content (AvgIpc) is 2.77. The molecule has 0 unspecified atom stereocenters. The minimum Gasteiger partial charge on any atom is -0.507 e. The first-order valence-corrected chi connectivity index (χ1v) is 15.0. The lowest BCUT2D eigenvalue weighted by atomic mass is 9.85. The van der Waals surface area contributed by atoms with E-state index < -0.39 is 42.2 Å². The van der Waals surface area contributed by atoms with Crippen molar-refractivity contribution in [1.82, 2.24) is 4.90 Å². The number of phosphoric ester groups is 1. The maximum atomic E-state index is 14.1. The Hall–Kier alpha value is -2.39. The van der Waals surface area contributed by atoms with Crippen molar-refractivity contribution in [3.8, 4) is 22.8 Å². The number of phenolic OH excluding ortho intramolecular Hbond substituents is 1. The third-order valence-corrected chi connectivity index (χ3v) is 8.55. The molecule has 1 saturated heterocycles. The van der Waals surface area contributed by atoms with Gasteiger partial charge in [0.25, 0.3) is 0 Å². The van der Waals surface area contributed by atoms with Crippen molar-refractivity contribution in [3.63, 3.8) is 0 Å². The highest BCUT2D eigenvalue weighted by molar-refractivity contribution is 7.49. The molecule has 2 N–H and O–H groups in total. The summed E-state index contributed by atoms with van der Waals surface area (Å²) in [6.07, 6.45) is -0.409. The van der Waals surface area contributed by atoms with Crippen molar-refractivity contribution in [3.05, 3.63) is 57.2 Å². The van der Waals surface area contributed by atoms with E-state index in [-0.39, 0.29) is 28.0 Å². The molecule has 2 heterocycles. The molecule has 11 heteroatoms. The molecular formula is C29H37ClNO8P. The number of phenols is 1. The van der Waals surface area contributed by atoms with Gasteiger partial charge in [-0.1, -0.05) is 23.7 Å². The number of likely N-dealkylation sites (N-methyl/N-ethyl adjacent to an activating group) is 1. The topological polar surface area (TPSA) is 119 Å². The number of hydrogen-bond acceptors (Lipinski definition) is 9. The summed E-state index contributed by atoms with van der Waals surface area (Å²) in [5.41, 5.74) is -1.59. The molecular weight excluding hydrogens is 557 g/mol. The maximum absolute atomic E-state index is 14.1. The molecule has 1 fully saturated rings. The minimum absolute atomic E-state index is 0.00379. The van der Waals surface area contributed by atoms with Crippen molar-refractivity contribution in [1.29, 1.82) is 0 Å². The predicted molar refractivity (Wildman–Crippen MR) is 155 cm³/mol. The van der Waals surface area contributed by atoms with Gasteiger partial charge in [0, 0.05) is 35.7 Å². The molecule has 1 aliphatic rings. The number of aliphatic hydroxyl groups excluding tert-OH is 1. The molecule has 0 aliphatic carbocycles. The molecule has 3 aromatic rings. The van der Waals surface area contributed by atoms with Crippen LogP contribution in [0.5, 0.6) is 11.5 Å². The molecule has 0 saturated carbocycles. The lowest BCUT2D eigenvalue weighted by molar-refractivity contribution is 0.0215. The summed E-state index contributed by atoms with van der Waals surface area (Å²) in [4.78, 5) is 15.3. The molecule has 0 bridgehead atoms. The Kier molecular flexibility index (Phi) is 8.50. The first-order chi connectivity index (χ1) is 18.5. The molecule has 0 radical (unpaired) electrons. The van der Waals surface area contributed by atoms with E-state index in [1.54, 1.807) is 65.8 Å². The molecule has 9 nitrogen and oxygen atoms in total. The average molecular weight is 594 g/mol. The van der Waals surface area contributed by atoms with Gasteiger partial charge in [0.15, 0.2) is 5.43 Å². The number of rotatable bonds is 6. The van der Waals surface area contributed by atoms with Crippen LogP contribution in [0.4, 0.5) is 0 Å². The number of likely N-dealkylation sites (tertiary alicyclic amines) is 1. The first kappa shape index (κ1) is 30.6. The van der Waals surface area contributed by atoms with Crippen molar-refractivity contribution in [2.45, 2.75) is 71.2 Å². The van der Waals surface area contributed by atoms with Crippen LogP contribution < -0.4 is 9.95 Å². The molecule has 0 amide bonds. The molecule has 2 aromatic carbocycles. The number of piperidine rings is 1. The highest BCUT2D eigenvalue weighted by Crippen LogP contribution is 2.57. The van der Waals surface area contributed by atoms with E-state index in [9.17, 15) is 19.6 Å². The van der Waals surface area contributed by atoms with Crippen LogP contribution in [0.3, 0.4) is 0 Å². The Labute approximate surface area is 239 Å². The normalized spacial score (nSPS) is 19.2. The number of aromatic hydroxyl groups is 1. The Morgan fingerprint density at radius 3 is 2.27 bits per heavy atom. The summed E-state index contributed by atoms with van der Waals surface area (Å²) in [5, 5.41) is 22.5. The lowest BCUT2D eigenvalue weighted by Gasteiger charge is -2.36. The fraction of sp³-hybridized carbons (Fsp3) is 0.483. The number of phosphoric acid groups is 1. The number of hydrogen-bond donors (Lipinski definition) is 2. The van der Waals surface area contributed by atoms with Gasteiger partial charge in [-0.05, 0) is 73.7 Å². The van der Waals surface area contributed by atoms with Gasteiger partial charge in [0.2, 0.25) is 0 Å². The quantitative estimate of drug-likeness (QED) is 0.300. The Morgan fingerprint density at radius 2 is 1.70 bits per heavy atom. The van der Waals surface area contributed by atoms with Crippen LogP contribution in [0.15, 0.2) is 45.6 Å². The zero-order valence-corrected chi connectivity index (χ0v) is 25.5. The van der Waals surface area contributed by atoms with Crippen LogP contribution in [0.2, 0.25) is 5.02 Å². The standard InChI is InChI=1S/C29H37ClNO8P/c1-28(2,3)38-40(35,39-29(4,5)6)37-24-15-21(33)26-20(32)14-23(17-10-8-9-11-19(17)30)36-27(26)25(24)18-12-13-31(7)16-22(18)34/h8-11,14-15,18,22,33-34H,12-13,16H2,1-7H3/t18-,22+/m0/s1. The van der Waals surface area contributed by atoms with Crippen molar-refractivity contribution in [2.75, 3.05) is 20.1 Å². The Morgan fingerprint density at radius 1 is 1.07 bits per heavy atom. The summed E-state index contributed by atoms with van der Waals surface area (Å²) < 4.78 is 38.1. The largest absolute Gasteiger partial charge is 0.531 e. The molecule has 4 rings (SSSR count). The molecule has 1 aliphatic heterocycles. The van der Waals surface area contributed by atoms with E-state index >= 15 is 0 Å². The lowest BCUT2D eigenvalue weighted by Crippen LogP contribution is -2.40. The van der Waals surface area contributed by atoms with Crippen LogP contribution in [-0.2, 0) is 13.6 Å². The zero-order chi connectivity index (χ0) is 29.6. The second-order valence-electron chi connectivity index (χ2n) is 12.1. The van der Waals surface area contributed by atoms with Gasteiger partial charge < -0.3 is 24.1 Å². The van der Waals surface area contributed by atoms with Crippen molar-refractivity contribution >= 4 is 30.4 Å². The number of β-amino-alcohol motifs (C(OH)–C–C–N with tert-alkyl or cyclic N) is 1. The predicted octanol–water partition coefficient (Wildman–Crippen LogP) is 6.72.